The van der Waals surface area contributed by atoms with Gasteiger partial charge in [0.1, 0.15) is 5.01 Å². The van der Waals surface area contributed by atoms with Crippen molar-refractivity contribution < 1.29 is 5.11 Å². The molecule has 0 amide bonds. The van der Waals surface area contributed by atoms with Gasteiger partial charge in [0.05, 0.1) is 11.3 Å². The van der Waals surface area contributed by atoms with E-state index in [0.717, 1.165) is 21.1 Å². The van der Waals surface area contributed by atoms with Crippen molar-refractivity contribution in [2.75, 3.05) is 6.54 Å². The fourth-order valence-electron chi connectivity index (χ4n) is 2.10. The second kappa shape index (κ2) is 6.66. The Balaban J connectivity index is 1.58. The molecule has 1 unspecified atom stereocenters. The quantitative estimate of drug-likeness (QED) is 0.728. The van der Waals surface area contributed by atoms with Gasteiger partial charge in [0, 0.05) is 30.4 Å². The van der Waals surface area contributed by atoms with E-state index >= 15 is 0 Å². The van der Waals surface area contributed by atoms with Crippen LogP contribution in [0.5, 0.6) is 0 Å². The molecule has 0 fully saturated rings. The van der Waals surface area contributed by atoms with Crippen LogP contribution in [0, 0.1) is 0 Å². The van der Waals surface area contributed by atoms with Gasteiger partial charge in [0.25, 0.3) is 0 Å². The molecule has 4 nitrogen and oxygen atoms in total. The van der Waals surface area contributed by atoms with E-state index in [9.17, 15) is 5.11 Å². The smallest absolute Gasteiger partial charge is 0.142 e. The number of nitrogens with zero attached hydrogens (tertiary/aromatic N) is 2. The minimum Gasteiger partial charge on any atom is -0.384 e. The zero-order chi connectivity index (χ0) is 15.4. The second-order valence-corrected chi connectivity index (χ2v) is 7.13. The van der Waals surface area contributed by atoms with Crippen LogP contribution in [0.25, 0.3) is 10.7 Å². The molecule has 3 heterocycles. The van der Waals surface area contributed by atoms with Crippen LogP contribution in [0.2, 0.25) is 0 Å². The van der Waals surface area contributed by atoms with Crippen molar-refractivity contribution in [2.45, 2.75) is 19.1 Å². The molecule has 3 aromatic heterocycles. The molecule has 0 aromatic carbocycles. The molecule has 0 aliphatic carbocycles. The zero-order valence-corrected chi connectivity index (χ0v) is 13.8. The molecule has 3 rings (SSSR count). The van der Waals surface area contributed by atoms with E-state index in [-0.39, 0.29) is 0 Å². The predicted molar refractivity (Wildman–Crippen MR) is 90.9 cm³/mol. The minimum absolute atomic E-state index is 0.501. The molecule has 0 bridgehead atoms. The molecule has 0 saturated carbocycles. The van der Waals surface area contributed by atoms with E-state index in [1.54, 1.807) is 28.9 Å². The maximum atomic E-state index is 10.5. The number of aliphatic hydroxyl groups is 1. The molecule has 1 atom stereocenters. The standard InChI is InChI=1S/C16H17N3OS2/c1-16(20,12-5-7-21-10-12)11-17-8-13-9-19-15(22-13)14-4-2-3-6-18-14/h2-7,9-10,17,20H,8,11H2,1H3. The third-order valence-corrected chi connectivity index (χ3v) is 5.05. The van der Waals surface area contributed by atoms with Crippen molar-refractivity contribution in [1.29, 1.82) is 0 Å². The van der Waals surface area contributed by atoms with Crippen LogP contribution in [0.4, 0.5) is 0 Å². The van der Waals surface area contributed by atoms with E-state index in [1.165, 1.54) is 0 Å². The number of thiazole rings is 1. The van der Waals surface area contributed by atoms with Crippen LogP contribution >= 0.6 is 22.7 Å². The van der Waals surface area contributed by atoms with Gasteiger partial charge in [-0.25, -0.2) is 4.98 Å². The topological polar surface area (TPSA) is 58.0 Å². The van der Waals surface area contributed by atoms with Gasteiger partial charge in [-0.2, -0.15) is 11.3 Å². The SMILES string of the molecule is CC(O)(CNCc1cnc(-c2ccccn2)s1)c1ccsc1. The van der Waals surface area contributed by atoms with Gasteiger partial charge in [-0.3, -0.25) is 4.98 Å². The van der Waals surface area contributed by atoms with Crippen molar-refractivity contribution in [2.24, 2.45) is 0 Å². The lowest BCUT2D eigenvalue weighted by Gasteiger charge is -2.22. The Morgan fingerprint density at radius 2 is 2.18 bits per heavy atom. The lowest BCUT2D eigenvalue weighted by molar-refractivity contribution is 0.0572. The lowest BCUT2D eigenvalue weighted by Crippen LogP contribution is -2.34. The van der Waals surface area contributed by atoms with Crippen LogP contribution in [0.3, 0.4) is 0 Å². The molecular weight excluding hydrogens is 314 g/mol. The minimum atomic E-state index is -0.853. The first-order valence-corrected chi connectivity index (χ1v) is 8.73. The number of nitrogens with one attached hydrogen (secondary N) is 1. The number of aromatic nitrogens is 2. The maximum Gasteiger partial charge on any atom is 0.142 e. The first-order valence-electron chi connectivity index (χ1n) is 6.97. The highest BCUT2D eigenvalue weighted by Crippen LogP contribution is 2.24. The van der Waals surface area contributed by atoms with Crippen LogP contribution in [-0.2, 0) is 12.1 Å². The summed E-state index contributed by atoms with van der Waals surface area (Å²) in [5.74, 6) is 0. The molecule has 0 radical (unpaired) electrons. The first-order chi connectivity index (χ1) is 10.6. The van der Waals surface area contributed by atoms with Gasteiger partial charge in [-0.1, -0.05) is 6.07 Å². The molecular formula is C16H17N3OS2. The number of hydrogen-bond acceptors (Lipinski definition) is 6. The van der Waals surface area contributed by atoms with Gasteiger partial charge in [-0.15, -0.1) is 11.3 Å². The highest BCUT2D eigenvalue weighted by atomic mass is 32.1. The van der Waals surface area contributed by atoms with Gasteiger partial charge in [-0.05, 0) is 41.4 Å². The average Bonchev–Trinajstić information content (AvgIpc) is 3.20. The van der Waals surface area contributed by atoms with Crippen LogP contribution in [-0.4, -0.2) is 21.6 Å². The molecule has 0 aliphatic heterocycles. The maximum absolute atomic E-state index is 10.5. The Morgan fingerprint density at radius 1 is 1.27 bits per heavy atom. The number of pyridine rings is 1. The predicted octanol–water partition coefficient (Wildman–Crippen LogP) is 3.26. The van der Waals surface area contributed by atoms with Crippen molar-refractivity contribution in [3.63, 3.8) is 0 Å². The summed E-state index contributed by atoms with van der Waals surface area (Å²) in [6.45, 7) is 3.01. The van der Waals surface area contributed by atoms with Crippen molar-refractivity contribution in [1.82, 2.24) is 15.3 Å². The summed E-state index contributed by atoms with van der Waals surface area (Å²) in [7, 11) is 0. The molecule has 0 aliphatic rings. The van der Waals surface area contributed by atoms with E-state index in [2.05, 4.69) is 15.3 Å². The third kappa shape index (κ3) is 3.59. The zero-order valence-electron chi connectivity index (χ0n) is 12.2. The van der Waals surface area contributed by atoms with E-state index < -0.39 is 5.60 Å². The van der Waals surface area contributed by atoms with Gasteiger partial charge < -0.3 is 10.4 Å². The highest BCUT2D eigenvalue weighted by molar-refractivity contribution is 7.15. The highest BCUT2D eigenvalue weighted by Gasteiger charge is 2.22. The van der Waals surface area contributed by atoms with Crippen LogP contribution < -0.4 is 5.32 Å². The Bertz CT molecular complexity index is 708. The number of rotatable bonds is 6. The van der Waals surface area contributed by atoms with Gasteiger partial charge >= 0.3 is 0 Å². The molecule has 22 heavy (non-hydrogen) atoms. The van der Waals surface area contributed by atoms with Crippen LogP contribution in [0.1, 0.15) is 17.4 Å². The molecule has 0 spiro atoms. The summed E-state index contributed by atoms with van der Waals surface area (Å²) in [6, 6.07) is 7.77. The second-order valence-electron chi connectivity index (χ2n) is 5.24. The fourth-order valence-corrected chi connectivity index (χ4v) is 3.74. The summed E-state index contributed by atoms with van der Waals surface area (Å²) < 4.78 is 0. The number of thiophene rings is 1. The van der Waals surface area contributed by atoms with Crippen LogP contribution in [0.15, 0.2) is 47.4 Å². The van der Waals surface area contributed by atoms with Crippen molar-refractivity contribution >= 4 is 22.7 Å². The number of hydrogen-bond donors (Lipinski definition) is 2. The van der Waals surface area contributed by atoms with Gasteiger partial charge in [0.15, 0.2) is 0 Å². The van der Waals surface area contributed by atoms with Crippen molar-refractivity contribution in [3.8, 4) is 10.7 Å². The Hall–Kier alpha value is -1.60. The normalized spacial score (nSPS) is 13.9. The average molecular weight is 331 g/mol. The molecule has 114 valence electrons. The lowest BCUT2D eigenvalue weighted by atomic mass is 9.99. The first kappa shape index (κ1) is 15.3. The van der Waals surface area contributed by atoms with E-state index in [1.807, 2.05) is 48.1 Å². The summed E-state index contributed by atoms with van der Waals surface area (Å²) in [5, 5.41) is 18.6. The summed E-state index contributed by atoms with van der Waals surface area (Å²) in [4.78, 5) is 9.84. The Morgan fingerprint density at radius 3 is 2.91 bits per heavy atom. The van der Waals surface area contributed by atoms with E-state index in [0.29, 0.717) is 13.1 Å². The summed E-state index contributed by atoms with van der Waals surface area (Å²) >= 11 is 3.21. The van der Waals surface area contributed by atoms with Gasteiger partial charge in [0.2, 0.25) is 0 Å². The molecule has 6 heteroatoms. The molecule has 2 N–H and O–H groups in total. The van der Waals surface area contributed by atoms with E-state index in [4.69, 9.17) is 0 Å². The molecule has 3 aromatic rings. The Kier molecular flexibility index (Phi) is 4.63. The summed E-state index contributed by atoms with van der Waals surface area (Å²) in [5.41, 5.74) is 0.988. The largest absolute Gasteiger partial charge is 0.384 e. The molecule has 0 saturated heterocycles. The monoisotopic (exact) mass is 331 g/mol. The van der Waals surface area contributed by atoms with Crippen molar-refractivity contribution in [3.05, 3.63) is 57.9 Å². The fraction of sp³-hybridized carbons (Fsp3) is 0.250. The summed E-state index contributed by atoms with van der Waals surface area (Å²) in [6.07, 6.45) is 3.63. The Labute approximate surface area is 137 Å². The third-order valence-electron chi connectivity index (χ3n) is 3.35.